The average Bonchev–Trinajstić information content (AvgIpc) is 2.64. The molecule has 3 rings (SSSR count). The number of piperazine rings is 1. The molecule has 1 atom stereocenters. The predicted octanol–water partition coefficient (Wildman–Crippen LogP) is 0.981. The molecular weight excluding hydrogens is 330 g/mol. The zero-order valence-electron chi connectivity index (χ0n) is 15.0. The third-order valence-corrected chi connectivity index (χ3v) is 4.87. The Bertz CT molecular complexity index is 793. The van der Waals surface area contributed by atoms with Crippen LogP contribution in [0.4, 0.5) is 0 Å². The molecule has 2 aromatic carbocycles. The summed E-state index contributed by atoms with van der Waals surface area (Å²) in [5.41, 5.74) is 1.12. The highest BCUT2D eigenvalue weighted by molar-refractivity contribution is 5.89. The van der Waals surface area contributed by atoms with Crippen LogP contribution in [-0.4, -0.2) is 66.1 Å². The van der Waals surface area contributed by atoms with Crippen LogP contribution in [0.3, 0.4) is 0 Å². The summed E-state index contributed by atoms with van der Waals surface area (Å²) in [7, 11) is 1.65. The Morgan fingerprint density at radius 3 is 2.81 bits per heavy atom. The molecule has 1 saturated heterocycles. The molecule has 0 radical (unpaired) electrons. The molecule has 26 heavy (non-hydrogen) atoms. The van der Waals surface area contributed by atoms with E-state index in [1.54, 1.807) is 7.05 Å². The van der Waals surface area contributed by atoms with E-state index in [0.29, 0.717) is 19.6 Å². The van der Waals surface area contributed by atoms with Gasteiger partial charge >= 0.3 is 0 Å². The van der Waals surface area contributed by atoms with Gasteiger partial charge in [0.2, 0.25) is 11.8 Å². The van der Waals surface area contributed by atoms with Crippen LogP contribution in [-0.2, 0) is 16.1 Å². The minimum Gasteiger partial charge on any atom is -0.395 e. The van der Waals surface area contributed by atoms with E-state index >= 15 is 0 Å². The second-order valence-electron chi connectivity index (χ2n) is 6.70. The molecule has 2 amide bonds. The van der Waals surface area contributed by atoms with E-state index in [0.717, 1.165) is 5.56 Å². The topological polar surface area (TPSA) is 72.9 Å². The second-order valence-corrected chi connectivity index (χ2v) is 6.70. The highest BCUT2D eigenvalue weighted by Gasteiger charge is 2.32. The summed E-state index contributed by atoms with van der Waals surface area (Å²) in [5.74, 6) is -0.243. The Kier molecular flexibility index (Phi) is 5.85. The molecule has 1 fully saturated rings. The number of carbonyl (C=O) groups is 2. The highest BCUT2D eigenvalue weighted by atomic mass is 16.3. The van der Waals surface area contributed by atoms with Crippen molar-refractivity contribution in [2.75, 3.05) is 33.3 Å². The van der Waals surface area contributed by atoms with Gasteiger partial charge in [-0.2, -0.15) is 0 Å². The summed E-state index contributed by atoms with van der Waals surface area (Å²) < 4.78 is 0. The summed E-state index contributed by atoms with van der Waals surface area (Å²) >= 11 is 0. The molecule has 0 spiro atoms. The van der Waals surface area contributed by atoms with E-state index in [2.05, 4.69) is 40.5 Å². The van der Waals surface area contributed by atoms with Crippen LogP contribution in [0.2, 0.25) is 0 Å². The molecule has 0 unspecified atom stereocenters. The summed E-state index contributed by atoms with van der Waals surface area (Å²) in [5, 5.41) is 14.2. The fourth-order valence-corrected chi connectivity index (χ4v) is 3.34. The fraction of sp³-hybridized carbons (Fsp3) is 0.400. The maximum absolute atomic E-state index is 12.4. The number of nitrogens with one attached hydrogen (secondary N) is 1. The van der Waals surface area contributed by atoms with Crippen molar-refractivity contribution < 1.29 is 14.7 Å². The standard InChI is InChI=1S/C20H25N3O3/c1-22(10-11-24)19(25)13-18-20(26)21-8-9-23(18)14-15-6-7-16-4-2-3-5-17(16)12-15/h2-7,12,18,24H,8-11,13-14H2,1H3,(H,21,26)/t18-/m0/s1. The van der Waals surface area contributed by atoms with Crippen molar-refractivity contribution in [1.29, 1.82) is 0 Å². The van der Waals surface area contributed by atoms with E-state index in [1.165, 1.54) is 15.7 Å². The number of rotatable bonds is 6. The average molecular weight is 355 g/mol. The zero-order valence-corrected chi connectivity index (χ0v) is 15.0. The Hall–Kier alpha value is -2.44. The minimum atomic E-state index is -0.483. The van der Waals surface area contributed by atoms with Crippen molar-refractivity contribution in [2.24, 2.45) is 0 Å². The van der Waals surface area contributed by atoms with Crippen LogP contribution in [0.5, 0.6) is 0 Å². The lowest BCUT2D eigenvalue weighted by atomic mass is 10.0. The quantitative estimate of drug-likeness (QED) is 0.810. The smallest absolute Gasteiger partial charge is 0.237 e. The fourth-order valence-electron chi connectivity index (χ4n) is 3.34. The van der Waals surface area contributed by atoms with E-state index < -0.39 is 6.04 Å². The Balaban J connectivity index is 1.74. The van der Waals surface area contributed by atoms with Gasteiger partial charge in [-0.3, -0.25) is 14.5 Å². The largest absolute Gasteiger partial charge is 0.395 e. The summed E-state index contributed by atoms with van der Waals surface area (Å²) in [6.07, 6.45) is 0.121. The molecule has 2 N–H and O–H groups in total. The van der Waals surface area contributed by atoms with Crippen LogP contribution in [0, 0.1) is 0 Å². The number of hydrogen-bond donors (Lipinski definition) is 2. The number of aliphatic hydroxyl groups is 1. The second kappa shape index (κ2) is 8.29. The van der Waals surface area contributed by atoms with E-state index in [9.17, 15) is 9.59 Å². The van der Waals surface area contributed by atoms with Crippen LogP contribution >= 0.6 is 0 Å². The van der Waals surface area contributed by atoms with Gasteiger partial charge in [-0.25, -0.2) is 0 Å². The first-order valence-corrected chi connectivity index (χ1v) is 8.93. The third kappa shape index (κ3) is 4.20. The number of aliphatic hydroxyl groups excluding tert-OH is 1. The van der Waals surface area contributed by atoms with Gasteiger partial charge < -0.3 is 15.3 Å². The van der Waals surface area contributed by atoms with Crippen molar-refractivity contribution in [3.8, 4) is 0 Å². The maximum Gasteiger partial charge on any atom is 0.237 e. The van der Waals surface area contributed by atoms with Gasteiger partial charge in [-0.15, -0.1) is 0 Å². The van der Waals surface area contributed by atoms with Gasteiger partial charge in [0, 0.05) is 33.2 Å². The summed E-state index contributed by atoms with van der Waals surface area (Å²) in [4.78, 5) is 28.2. The van der Waals surface area contributed by atoms with Crippen LogP contribution in [0.25, 0.3) is 10.8 Å². The molecule has 6 heteroatoms. The van der Waals surface area contributed by atoms with Crippen LogP contribution in [0.1, 0.15) is 12.0 Å². The van der Waals surface area contributed by atoms with Crippen molar-refractivity contribution in [2.45, 2.75) is 19.0 Å². The number of carbonyl (C=O) groups excluding carboxylic acids is 2. The molecule has 1 aliphatic heterocycles. The SMILES string of the molecule is CN(CCO)C(=O)C[C@H]1C(=O)NCCN1Cc1ccc2ccccc2c1. The number of likely N-dealkylation sites (N-methyl/N-ethyl adjacent to an activating group) is 1. The third-order valence-electron chi connectivity index (χ3n) is 4.87. The monoisotopic (exact) mass is 355 g/mol. The van der Waals surface area contributed by atoms with Gasteiger partial charge in [-0.05, 0) is 22.4 Å². The lowest BCUT2D eigenvalue weighted by molar-refractivity contribution is -0.138. The molecule has 0 aromatic heterocycles. The van der Waals surface area contributed by atoms with Crippen molar-refractivity contribution in [1.82, 2.24) is 15.1 Å². The summed E-state index contributed by atoms with van der Waals surface area (Å²) in [6.45, 7) is 2.11. The summed E-state index contributed by atoms with van der Waals surface area (Å²) in [6, 6.07) is 14.0. The van der Waals surface area contributed by atoms with Crippen molar-refractivity contribution in [3.63, 3.8) is 0 Å². The van der Waals surface area contributed by atoms with Crippen molar-refractivity contribution in [3.05, 3.63) is 48.0 Å². The number of benzene rings is 2. The van der Waals surface area contributed by atoms with E-state index in [4.69, 9.17) is 5.11 Å². The van der Waals surface area contributed by atoms with E-state index in [-0.39, 0.29) is 31.4 Å². The van der Waals surface area contributed by atoms with E-state index in [1.807, 2.05) is 12.1 Å². The molecule has 0 bridgehead atoms. The molecule has 1 aliphatic rings. The predicted molar refractivity (Wildman–Crippen MR) is 100 cm³/mol. The van der Waals surface area contributed by atoms with Gasteiger partial charge in [-0.1, -0.05) is 36.4 Å². The Morgan fingerprint density at radius 1 is 1.27 bits per heavy atom. The minimum absolute atomic E-state index is 0.0834. The molecule has 0 aliphatic carbocycles. The van der Waals surface area contributed by atoms with Crippen molar-refractivity contribution >= 4 is 22.6 Å². The Labute approximate surface area is 153 Å². The molecule has 2 aromatic rings. The maximum atomic E-state index is 12.4. The molecule has 1 heterocycles. The molecule has 138 valence electrons. The van der Waals surface area contributed by atoms with Crippen LogP contribution < -0.4 is 5.32 Å². The first kappa shape index (κ1) is 18.4. The number of hydrogen-bond acceptors (Lipinski definition) is 4. The number of amides is 2. The lowest BCUT2D eigenvalue weighted by Gasteiger charge is -2.35. The highest BCUT2D eigenvalue weighted by Crippen LogP contribution is 2.19. The normalized spacial score (nSPS) is 17.9. The molecule has 0 saturated carbocycles. The first-order chi connectivity index (χ1) is 12.6. The lowest BCUT2D eigenvalue weighted by Crippen LogP contribution is -2.56. The van der Waals surface area contributed by atoms with Gasteiger partial charge in [0.05, 0.1) is 19.1 Å². The molecule has 6 nitrogen and oxygen atoms in total. The van der Waals surface area contributed by atoms with Gasteiger partial charge in [0.25, 0.3) is 0 Å². The zero-order chi connectivity index (χ0) is 18.5. The first-order valence-electron chi connectivity index (χ1n) is 8.93. The number of fused-ring (bicyclic) bond motifs is 1. The van der Waals surface area contributed by atoms with Gasteiger partial charge in [0.1, 0.15) is 0 Å². The number of nitrogens with zero attached hydrogens (tertiary/aromatic N) is 2. The Morgan fingerprint density at radius 2 is 2.04 bits per heavy atom. The van der Waals surface area contributed by atoms with Crippen LogP contribution in [0.15, 0.2) is 42.5 Å². The molecular formula is C20H25N3O3. The van der Waals surface area contributed by atoms with Gasteiger partial charge in [0.15, 0.2) is 0 Å².